The van der Waals surface area contributed by atoms with Gasteiger partial charge < -0.3 is 5.32 Å². The Morgan fingerprint density at radius 1 is 1.33 bits per heavy atom. The van der Waals surface area contributed by atoms with Crippen molar-refractivity contribution >= 4 is 10.0 Å². The Labute approximate surface area is 123 Å². The minimum absolute atomic E-state index is 0.00939. The van der Waals surface area contributed by atoms with E-state index in [0.717, 1.165) is 31.6 Å². The van der Waals surface area contributed by atoms with E-state index in [0.29, 0.717) is 24.9 Å². The summed E-state index contributed by atoms with van der Waals surface area (Å²) in [7, 11) is -3.66. The first-order chi connectivity index (χ1) is 10.0. The Bertz CT molecular complexity index is 699. The molecule has 7 heteroatoms. The van der Waals surface area contributed by atoms with Crippen LogP contribution >= 0.6 is 0 Å². The predicted molar refractivity (Wildman–Crippen MR) is 74.3 cm³/mol. The smallest absolute Gasteiger partial charge is 0.243 e. The summed E-state index contributed by atoms with van der Waals surface area (Å²) >= 11 is 0. The van der Waals surface area contributed by atoms with E-state index < -0.39 is 15.8 Å². The second-order valence-corrected chi connectivity index (χ2v) is 7.52. The highest BCUT2D eigenvalue weighted by molar-refractivity contribution is 7.89. The number of fused-ring (bicyclic) bond motifs is 1. The van der Waals surface area contributed by atoms with Gasteiger partial charge in [-0.3, -0.25) is 0 Å². The van der Waals surface area contributed by atoms with Gasteiger partial charge in [0.25, 0.3) is 0 Å². The van der Waals surface area contributed by atoms with E-state index in [4.69, 9.17) is 5.26 Å². The SMILES string of the molecule is N#Cc1cc(S(=O)(=O)N2CCC3CNCC3C2)ccc1F. The molecule has 0 aromatic heterocycles. The maximum atomic E-state index is 13.3. The van der Waals surface area contributed by atoms with Crippen LogP contribution in [0, 0.1) is 29.0 Å². The molecule has 2 saturated heterocycles. The van der Waals surface area contributed by atoms with Crippen LogP contribution < -0.4 is 5.32 Å². The van der Waals surface area contributed by atoms with Gasteiger partial charge in [0.2, 0.25) is 10.0 Å². The number of nitrogens with zero attached hydrogens (tertiary/aromatic N) is 2. The number of halogens is 1. The highest BCUT2D eigenvalue weighted by Crippen LogP contribution is 2.30. The second-order valence-electron chi connectivity index (χ2n) is 5.58. The molecule has 2 unspecified atom stereocenters. The van der Waals surface area contributed by atoms with E-state index >= 15 is 0 Å². The lowest BCUT2D eigenvalue weighted by Crippen LogP contribution is -2.43. The molecule has 112 valence electrons. The molecule has 21 heavy (non-hydrogen) atoms. The second kappa shape index (κ2) is 5.37. The fraction of sp³-hybridized carbons (Fsp3) is 0.500. The molecular weight excluding hydrogens is 293 g/mol. The Kier molecular flexibility index (Phi) is 3.69. The van der Waals surface area contributed by atoms with Crippen molar-refractivity contribution in [2.24, 2.45) is 11.8 Å². The molecule has 1 N–H and O–H groups in total. The third-order valence-corrected chi connectivity index (χ3v) is 6.22. The Morgan fingerprint density at radius 3 is 2.86 bits per heavy atom. The molecule has 0 saturated carbocycles. The Balaban J connectivity index is 1.88. The van der Waals surface area contributed by atoms with Crippen LogP contribution in [0.2, 0.25) is 0 Å². The largest absolute Gasteiger partial charge is 0.316 e. The van der Waals surface area contributed by atoms with Gasteiger partial charge in [-0.2, -0.15) is 9.57 Å². The van der Waals surface area contributed by atoms with Gasteiger partial charge in [-0.25, -0.2) is 12.8 Å². The van der Waals surface area contributed by atoms with E-state index in [9.17, 15) is 12.8 Å². The fourth-order valence-electron chi connectivity index (χ4n) is 3.12. The molecule has 2 aliphatic rings. The van der Waals surface area contributed by atoms with Crippen LogP contribution in [0.4, 0.5) is 4.39 Å². The highest BCUT2D eigenvalue weighted by Gasteiger charge is 2.37. The molecule has 0 aliphatic carbocycles. The molecule has 3 rings (SSSR count). The summed E-state index contributed by atoms with van der Waals surface area (Å²) in [6, 6.07) is 5.06. The van der Waals surface area contributed by atoms with E-state index in [1.54, 1.807) is 6.07 Å². The van der Waals surface area contributed by atoms with Gasteiger partial charge >= 0.3 is 0 Å². The summed E-state index contributed by atoms with van der Waals surface area (Å²) < 4.78 is 40.0. The summed E-state index contributed by atoms with van der Waals surface area (Å²) in [5, 5.41) is 12.1. The van der Waals surface area contributed by atoms with Crippen molar-refractivity contribution < 1.29 is 12.8 Å². The minimum Gasteiger partial charge on any atom is -0.316 e. The summed E-state index contributed by atoms with van der Waals surface area (Å²) in [5.41, 5.74) is -0.242. The lowest BCUT2D eigenvalue weighted by Gasteiger charge is -2.33. The van der Waals surface area contributed by atoms with Crippen molar-refractivity contribution in [3.8, 4) is 6.07 Å². The van der Waals surface area contributed by atoms with Crippen LogP contribution in [0.25, 0.3) is 0 Å². The van der Waals surface area contributed by atoms with Crippen molar-refractivity contribution in [2.45, 2.75) is 11.3 Å². The summed E-state index contributed by atoms with van der Waals surface area (Å²) in [6.07, 6.45) is 0.837. The van der Waals surface area contributed by atoms with E-state index in [2.05, 4.69) is 5.32 Å². The van der Waals surface area contributed by atoms with Crippen LogP contribution in [0.1, 0.15) is 12.0 Å². The topological polar surface area (TPSA) is 73.2 Å². The van der Waals surface area contributed by atoms with Crippen molar-refractivity contribution in [3.05, 3.63) is 29.6 Å². The average Bonchev–Trinajstić information content (AvgIpc) is 2.94. The van der Waals surface area contributed by atoms with Crippen molar-refractivity contribution in [2.75, 3.05) is 26.2 Å². The van der Waals surface area contributed by atoms with Gasteiger partial charge in [-0.15, -0.1) is 0 Å². The van der Waals surface area contributed by atoms with Crippen LogP contribution in [0.5, 0.6) is 0 Å². The highest BCUT2D eigenvalue weighted by atomic mass is 32.2. The van der Waals surface area contributed by atoms with E-state index in [-0.39, 0.29) is 10.5 Å². The molecule has 0 radical (unpaired) electrons. The lowest BCUT2D eigenvalue weighted by molar-refractivity contribution is 0.228. The molecule has 2 aliphatic heterocycles. The predicted octanol–water partition coefficient (Wildman–Crippen LogP) is 0.927. The number of piperidine rings is 1. The molecule has 1 aromatic rings. The van der Waals surface area contributed by atoms with Crippen LogP contribution in [-0.4, -0.2) is 38.9 Å². The third-order valence-electron chi connectivity index (χ3n) is 4.36. The van der Waals surface area contributed by atoms with Gasteiger partial charge in [-0.05, 0) is 49.5 Å². The fourth-order valence-corrected chi connectivity index (χ4v) is 4.66. The zero-order chi connectivity index (χ0) is 15.0. The maximum absolute atomic E-state index is 13.3. The number of sulfonamides is 1. The normalized spacial score (nSPS) is 26.3. The zero-order valence-corrected chi connectivity index (χ0v) is 12.2. The standard InChI is InChI=1S/C14H16FN3O2S/c15-14-2-1-13(5-11(14)6-16)21(19,20)18-4-3-10-7-17-8-12(10)9-18/h1-2,5,10,12,17H,3-4,7-9H2. The zero-order valence-electron chi connectivity index (χ0n) is 11.4. The molecule has 0 amide bonds. The Morgan fingerprint density at radius 2 is 2.10 bits per heavy atom. The summed E-state index contributed by atoms with van der Waals surface area (Å²) in [4.78, 5) is -0.00939. The molecule has 1 aromatic carbocycles. The molecule has 0 spiro atoms. The van der Waals surface area contributed by atoms with Crippen molar-refractivity contribution in [1.82, 2.24) is 9.62 Å². The maximum Gasteiger partial charge on any atom is 0.243 e. The number of rotatable bonds is 2. The molecule has 5 nitrogen and oxygen atoms in total. The first kappa shape index (κ1) is 14.4. The molecule has 2 heterocycles. The quantitative estimate of drug-likeness (QED) is 0.882. The average molecular weight is 309 g/mol. The monoisotopic (exact) mass is 309 g/mol. The van der Waals surface area contributed by atoms with E-state index in [1.807, 2.05) is 0 Å². The number of benzene rings is 1. The third kappa shape index (κ3) is 2.55. The van der Waals surface area contributed by atoms with E-state index in [1.165, 1.54) is 10.4 Å². The number of hydrogen-bond donors (Lipinski definition) is 1. The number of nitrogens with one attached hydrogen (secondary N) is 1. The van der Waals surface area contributed by atoms with Gasteiger partial charge in [0.15, 0.2) is 0 Å². The first-order valence-corrected chi connectivity index (χ1v) is 8.37. The van der Waals surface area contributed by atoms with Crippen LogP contribution in [0.3, 0.4) is 0 Å². The van der Waals surface area contributed by atoms with Crippen molar-refractivity contribution in [3.63, 3.8) is 0 Å². The van der Waals surface area contributed by atoms with Gasteiger partial charge in [0.1, 0.15) is 11.9 Å². The Hall–Kier alpha value is -1.49. The first-order valence-electron chi connectivity index (χ1n) is 6.93. The lowest BCUT2D eigenvalue weighted by atomic mass is 9.90. The molecule has 2 atom stereocenters. The molecule has 2 fully saturated rings. The minimum atomic E-state index is -3.66. The van der Waals surface area contributed by atoms with Crippen LogP contribution in [-0.2, 0) is 10.0 Å². The summed E-state index contributed by atoms with van der Waals surface area (Å²) in [5.74, 6) is 0.180. The number of hydrogen-bond acceptors (Lipinski definition) is 4. The number of nitriles is 1. The van der Waals surface area contributed by atoms with Gasteiger partial charge in [-0.1, -0.05) is 0 Å². The molecule has 0 bridgehead atoms. The van der Waals surface area contributed by atoms with Crippen LogP contribution in [0.15, 0.2) is 23.1 Å². The summed E-state index contributed by atoms with van der Waals surface area (Å²) in [6.45, 7) is 2.75. The van der Waals surface area contributed by atoms with Crippen molar-refractivity contribution in [1.29, 1.82) is 5.26 Å². The van der Waals surface area contributed by atoms with Gasteiger partial charge in [0.05, 0.1) is 10.5 Å². The molecular formula is C14H16FN3O2S. The van der Waals surface area contributed by atoms with Gasteiger partial charge in [0, 0.05) is 13.1 Å².